The first kappa shape index (κ1) is 30.2. The quantitative estimate of drug-likeness (QED) is 0.252. The first-order chi connectivity index (χ1) is 20.1. The molecule has 0 saturated heterocycles. The molecule has 4 aliphatic carbocycles. The van der Waals surface area contributed by atoms with Gasteiger partial charge in [-0.15, -0.1) is 6.42 Å². The molecule has 0 radical (unpaired) electrons. The van der Waals surface area contributed by atoms with E-state index in [1.807, 2.05) is 7.11 Å². The average molecular weight is 583 g/mol. The smallest absolute Gasteiger partial charge is 0.261 e. The molecule has 4 fully saturated rings. The molecule has 0 aromatic heterocycles. The zero-order valence-electron chi connectivity index (χ0n) is 27.1. The van der Waals surface area contributed by atoms with E-state index in [2.05, 4.69) is 101 Å². The highest BCUT2D eigenvalue weighted by atomic mass is 28.4. The topological polar surface area (TPSA) is 18.5 Å². The van der Waals surface area contributed by atoms with Crippen LogP contribution in [-0.4, -0.2) is 27.6 Å². The number of fused-ring (bicyclic) bond motifs is 5. The summed E-state index contributed by atoms with van der Waals surface area (Å²) >= 11 is 0. The first-order valence-corrected chi connectivity index (χ1v) is 18.8. The van der Waals surface area contributed by atoms with Gasteiger partial charge in [0.25, 0.3) is 8.32 Å². The van der Waals surface area contributed by atoms with Crippen LogP contribution in [-0.2, 0) is 9.16 Å². The Balaban J connectivity index is 1.41. The fraction of sp³-hybridized carbons (Fsp3) is 0.641. The normalized spacial score (nSPS) is 37.2. The summed E-state index contributed by atoms with van der Waals surface area (Å²) in [6.07, 6.45) is 18.2. The molecule has 2 aromatic carbocycles. The predicted molar refractivity (Wildman–Crippen MR) is 177 cm³/mol. The Labute approximate surface area is 257 Å². The molecule has 0 bridgehead atoms. The Morgan fingerprint density at radius 2 is 1.52 bits per heavy atom. The molecular weight excluding hydrogens is 529 g/mol. The predicted octanol–water partition coefficient (Wildman–Crippen LogP) is 8.24. The summed E-state index contributed by atoms with van der Waals surface area (Å²) in [5.74, 6) is 6.58. The van der Waals surface area contributed by atoms with Crippen LogP contribution in [0.25, 0.3) is 0 Å². The summed E-state index contributed by atoms with van der Waals surface area (Å²) in [5, 5.41) is 2.64. The molecule has 4 unspecified atom stereocenters. The second-order valence-electron chi connectivity index (χ2n) is 16.0. The minimum Gasteiger partial charge on any atom is -0.404 e. The van der Waals surface area contributed by atoms with Gasteiger partial charge < -0.3 is 9.16 Å². The van der Waals surface area contributed by atoms with E-state index in [9.17, 15) is 0 Å². The Morgan fingerprint density at radius 3 is 2.10 bits per heavy atom. The van der Waals surface area contributed by atoms with E-state index < -0.39 is 8.32 Å². The summed E-state index contributed by atoms with van der Waals surface area (Å²) in [6.45, 7) is 12.4. The van der Waals surface area contributed by atoms with Crippen LogP contribution in [0.1, 0.15) is 92.4 Å². The van der Waals surface area contributed by atoms with Crippen LogP contribution in [0.4, 0.5) is 0 Å². The molecule has 6 rings (SSSR count). The highest BCUT2D eigenvalue weighted by molar-refractivity contribution is 6.99. The van der Waals surface area contributed by atoms with E-state index in [0.717, 1.165) is 30.6 Å². The van der Waals surface area contributed by atoms with Crippen LogP contribution in [0.5, 0.6) is 0 Å². The minimum absolute atomic E-state index is 0.0618. The molecule has 0 spiro atoms. The fourth-order valence-corrected chi connectivity index (χ4v) is 15.8. The Morgan fingerprint density at radius 1 is 0.881 bits per heavy atom. The van der Waals surface area contributed by atoms with E-state index >= 15 is 0 Å². The third-order valence-corrected chi connectivity index (χ3v) is 18.1. The van der Waals surface area contributed by atoms with Crippen LogP contribution in [0.3, 0.4) is 0 Å². The SMILES string of the molecule is C#CC(OC)C1C[C@@]2(C)C(CC[C@@H]3[C@H]2CC[C@]2(C)CCC[C@@H]32)CC1O[Si](c1ccccc1)(c1ccccc1)C(C)(C)C. The second kappa shape index (κ2) is 11.2. The summed E-state index contributed by atoms with van der Waals surface area (Å²) in [7, 11) is -0.904. The highest BCUT2D eigenvalue weighted by Gasteiger charge is 2.61. The molecule has 4 aliphatic rings. The maximum Gasteiger partial charge on any atom is 0.261 e. The molecule has 0 heterocycles. The fourth-order valence-electron chi connectivity index (χ4n) is 11.0. The first-order valence-electron chi connectivity index (χ1n) is 16.9. The summed E-state index contributed by atoms with van der Waals surface area (Å²) in [4.78, 5) is 0. The van der Waals surface area contributed by atoms with E-state index in [1.54, 1.807) is 0 Å². The molecule has 2 nitrogen and oxygen atoms in total. The molecule has 0 amide bonds. The molecule has 4 saturated carbocycles. The monoisotopic (exact) mass is 582 g/mol. The van der Waals surface area contributed by atoms with Crippen molar-refractivity contribution in [3.05, 3.63) is 60.7 Å². The van der Waals surface area contributed by atoms with E-state index in [1.165, 1.54) is 55.3 Å². The lowest BCUT2D eigenvalue weighted by molar-refractivity contribution is -0.148. The van der Waals surface area contributed by atoms with Crippen LogP contribution in [0.15, 0.2) is 60.7 Å². The molecule has 0 aliphatic heterocycles. The summed E-state index contributed by atoms with van der Waals surface area (Å²) < 4.78 is 14.0. The van der Waals surface area contributed by atoms with Gasteiger partial charge in [0, 0.05) is 13.0 Å². The molecule has 0 N–H and O–H groups in total. The molecule has 9 atom stereocenters. The number of rotatable bonds is 6. The van der Waals surface area contributed by atoms with Crippen LogP contribution in [0.2, 0.25) is 5.04 Å². The van der Waals surface area contributed by atoms with Crippen molar-refractivity contribution in [3.63, 3.8) is 0 Å². The summed E-state index contributed by atoms with van der Waals surface area (Å²) in [6, 6.07) is 22.2. The van der Waals surface area contributed by atoms with Crippen molar-refractivity contribution < 1.29 is 9.16 Å². The number of hydrogen-bond donors (Lipinski definition) is 0. The second-order valence-corrected chi connectivity index (χ2v) is 20.2. The number of terminal acetylenes is 1. The van der Waals surface area contributed by atoms with E-state index in [4.69, 9.17) is 15.6 Å². The number of hydrogen-bond acceptors (Lipinski definition) is 2. The van der Waals surface area contributed by atoms with Gasteiger partial charge in [-0.1, -0.05) is 108 Å². The van der Waals surface area contributed by atoms with Crippen molar-refractivity contribution in [1.29, 1.82) is 0 Å². The van der Waals surface area contributed by atoms with Gasteiger partial charge in [-0.2, -0.15) is 0 Å². The van der Waals surface area contributed by atoms with Crippen molar-refractivity contribution in [3.8, 4) is 12.3 Å². The standard InChI is InChI=1S/C39H54O2Si/c1-8-35(40-7)32-27-39(6)28(21-22-31-33-20-15-24-38(33,5)25-23-34(31)39)26-36(32)41-42(37(2,3)4,29-16-11-9-12-17-29)30-18-13-10-14-19-30/h1,9-14,16-19,28,31-36H,15,20-27H2,2-7H3/t28?,31-,32?,33-,34+,35?,36?,38-,39-/m0/s1. The van der Waals surface area contributed by atoms with Crippen molar-refractivity contribution in [2.24, 2.45) is 40.4 Å². The van der Waals surface area contributed by atoms with Crippen LogP contribution >= 0.6 is 0 Å². The van der Waals surface area contributed by atoms with Crippen molar-refractivity contribution in [2.75, 3.05) is 7.11 Å². The zero-order chi connectivity index (χ0) is 29.8. The van der Waals surface area contributed by atoms with Gasteiger partial charge >= 0.3 is 0 Å². The van der Waals surface area contributed by atoms with Crippen molar-refractivity contribution >= 4 is 18.7 Å². The largest absolute Gasteiger partial charge is 0.404 e. The van der Waals surface area contributed by atoms with Gasteiger partial charge in [0.15, 0.2) is 0 Å². The van der Waals surface area contributed by atoms with Gasteiger partial charge in [-0.3, -0.25) is 0 Å². The Kier molecular flexibility index (Phi) is 8.08. The van der Waals surface area contributed by atoms with Gasteiger partial charge in [-0.05, 0) is 101 Å². The maximum atomic E-state index is 7.89. The number of ether oxygens (including phenoxy) is 1. The average Bonchev–Trinajstić information content (AvgIpc) is 3.39. The zero-order valence-corrected chi connectivity index (χ0v) is 28.1. The lowest BCUT2D eigenvalue weighted by atomic mass is 9.44. The van der Waals surface area contributed by atoms with Crippen molar-refractivity contribution in [2.45, 2.75) is 110 Å². The molecule has 226 valence electrons. The van der Waals surface area contributed by atoms with Crippen LogP contribution in [0, 0.1) is 52.8 Å². The lowest BCUT2D eigenvalue weighted by Gasteiger charge is -2.62. The third-order valence-electron chi connectivity index (χ3n) is 13.1. The molecule has 3 heteroatoms. The van der Waals surface area contributed by atoms with E-state index in [0.29, 0.717) is 16.7 Å². The Hall–Kier alpha value is -1.86. The van der Waals surface area contributed by atoms with Gasteiger partial charge in [0.05, 0.1) is 6.10 Å². The summed E-state index contributed by atoms with van der Waals surface area (Å²) in [5.41, 5.74) is 0.887. The maximum absolute atomic E-state index is 7.89. The molecule has 2 aromatic rings. The third kappa shape index (κ3) is 4.76. The highest BCUT2D eigenvalue weighted by Crippen LogP contribution is 2.67. The van der Waals surface area contributed by atoms with Crippen LogP contribution < -0.4 is 10.4 Å². The van der Waals surface area contributed by atoms with Gasteiger partial charge in [-0.25, -0.2) is 0 Å². The van der Waals surface area contributed by atoms with E-state index in [-0.39, 0.29) is 23.2 Å². The Bertz CT molecular complexity index is 1220. The molecule has 42 heavy (non-hydrogen) atoms. The molecular formula is C39H54O2Si. The van der Waals surface area contributed by atoms with Gasteiger partial charge in [0.1, 0.15) is 6.10 Å². The van der Waals surface area contributed by atoms with Gasteiger partial charge in [0.2, 0.25) is 0 Å². The number of benzene rings is 2. The minimum atomic E-state index is -2.72. The van der Waals surface area contributed by atoms with Crippen molar-refractivity contribution in [1.82, 2.24) is 0 Å². The lowest BCUT2D eigenvalue weighted by Crippen LogP contribution is -2.69. The number of methoxy groups -OCH3 is 1.